The summed E-state index contributed by atoms with van der Waals surface area (Å²) < 4.78 is 0. The molecule has 0 saturated carbocycles. The topological polar surface area (TPSA) is 67.6 Å². The first kappa shape index (κ1) is 11.5. The van der Waals surface area contributed by atoms with E-state index in [9.17, 15) is 0 Å². The number of aryl methyl sites for hydroxylation is 1. The van der Waals surface area contributed by atoms with Crippen LogP contribution in [0.3, 0.4) is 0 Å². The van der Waals surface area contributed by atoms with E-state index in [0.717, 1.165) is 28.5 Å². The normalized spacial score (nSPS) is 10.6. The van der Waals surface area contributed by atoms with Gasteiger partial charge in [0.2, 0.25) is 0 Å². The second kappa shape index (κ2) is 4.57. The Bertz CT molecular complexity index is 701. The van der Waals surface area contributed by atoms with Crippen molar-refractivity contribution in [1.82, 2.24) is 15.0 Å². The molecule has 0 radical (unpaired) electrons. The number of hydrogen-bond donors (Lipinski definition) is 2. The van der Waals surface area contributed by atoms with Gasteiger partial charge < -0.3 is 10.7 Å². The van der Waals surface area contributed by atoms with Gasteiger partial charge in [0.25, 0.3) is 0 Å². The van der Waals surface area contributed by atoms with Crippen LogP contribution in [0.1, 0.15) is 5.69 Å². The summed E-state index contributed by atoms with van der Waals surface area (Å²) in [6.07, 6.45) is 1.77. The Morgan fingerprint density at radius 2 is 1.84 bits per heavy atom. The van der Waals surface area contributed by atoms with Crippen LogP contribution in [0.2, 0.25) is 0 Å². The Morgan fingerprint density at radius 1 is 1.05 bits per heavy atom. The van der Waals surface area contributed by atoms with E-state index in [-0.39, 0.29) is 0 Å². The summed E-state index contributed by atoms with van der Waals surface area (Å²) in [5.41, 5.74) is 10.3. The van der Waals surface area contributed by atoms with Gasteiger partial charge in [-0.1, -0.05) is 18.2 Å². The summed E-state index contributed by atoms with van der Waals surface area (Å²) in [5.74, 6) is 0.774. The van der Waals surface area contributed by atoms with E-state index in [1.165, 1.54) is 0 Å². The number of nitrogens with two attached hydrogens (primary N) is 1. The quantitative estimate of drug-likeness (QED) is 0.687. The molecule has 0 unspecified atom stereocenters. The molecule has 0 fully saturated rings. The summed E-state index contributed by atoms with van der Waals surface area (Å²) in [4.78, 5) is 12.2. The summed E-state index contributed by atoms with van der Waals surface area (Å²) in [5, 5.41) is 0. The van der Waals surface area contributed by atoms with Crippen LogP contribution in [-0.4, -0.2) is 15.0 Å². The zero-order chi connectivity index (χ0) is 13.2. The molecule has 0 bridgehead atoms. The van der Waals surface area contributed by atoms with E-state index in [0.29, 0.717) is 5.69 Å². The minimum absolute atomic E-state index is 0.712. The number of hydrogen-bond acceptors (Lipinski definition) is 3. The molecule has 2 aromatic heterocycles. The molecule has 0 aliphatic rings. The predicted molar refractivity (Wildman–Crippen MR) is 76.4 cm³/mol. The molecule has 19 heavy (non-hydrogen) atoms. The SMILES string of the molecule is Cc1nc(-c2ccccc2N)[nH]c1-c1ccccn1. The van der Waals surface area contributed by atoms with Gasteiger partial charge >= 0.3 is 0 Å². The van der Waals surface area contributed by atoms with Gasteiger partial charge in [0.05, 0.1) is 17.1 Å². The van der Waals surface area contributed by atoms with Gasteiger partial charge in [0, 0.05) is 17.4 Å². The molecule has 0 amide bonds. The first-order valence-electron chi connectivity index (χ1n) is 6.08. The fourth-order valence-electron chi connectivity index (χ4n) is 2.06. The number of aromatic amines is 1. The molecule has 2 heterocycles. The standard InChI is InChI=1S/C15H14N4/c1-10-14(13-8-4-5-9-17-13)19-15(18-10)11-6-2-3-7-12(11)16/h2-9H,16H2,1H3,(H,18,19). The molecule has 94 valence electrons. The number of imidazole rings is 1. The molecule has 0 aliphatic heterocycles. The number of pyridine rings is 1. The van der Waals surface area contributed by atoms with E-state index < -0.39 is 0 Å². The summed E-state index contributed by atoms with van der Waals surface area (Å²) in [7, 11) is 0. The molecule has 3 aromatic rings. The lowest BCUT2D eigenvalue weighted by atomic mass is 10.2. The number of nitrogens with zero attached hydrogens (tertiary/aromatic N) is 2. The van der Waals surface area contributed by atoms with Crippen molar-refractivity contribution < 1.29 is 0 Å². The average Bonchev–Trinajstić information content (AvgIpc) is 2.82. The highest BCUT2D eigenvalue weighted by Crippen LogP contribution is 2.27. The number of anilines is 1. The molecular weight excluding hydrogens is 236 g/mol. The molecule has 0 aliphatic carbocycles. The number of rotatable bonds is 2. The summed E-state index contributed by atoms with van der Waals surface area (Å²) in [6.45, 7) is 1.96. The molecule has 1 aromatic carbocycles. The fourth-order valence-corrected chi connectivity index (χ4v) is 2.06. The Kier molecular flexibility index (Phi) is 2.76. The van der Waals surface area contributed by atoms with Crippen molar-refractivity contribution in [1.29, 1.82) is 0 Å². The van der Waals surface area contributed by atoms with Gasteiger partial charge in [-0.25, -0.2) is 4.98 Å². The van der Waals surface area contributed by atoms with Crippen molar-refractivity contribution in [3.63, 3.8) is 0 Å². The highest BCUT2D eigenvalue weighted by molar-refractivity contribution is 5.73. The van der Waals surface area contributed by atoms with Crippen LogP contribution < -0.4 is 5.73 Å². The first-order valence-corrected chi connectivity index (χ1v) is 6.08. The van der Waals surface area contributed by atoms with Crippen LogP contribution in [0.15, 0.2) is 48.7 Å². The third kappa shape index (κ3) is 2.08. The number of para-hydroxylation sites is 1. The number of aromatic nitrogens is 3. The van der Waals surface area contributed by atoms with Gasteiger partial charge in [-0.2, -0.15) is 0 Å². The van der Waals surface area contributed by atoms with Gasteiger partial charge in [-0.3, -0.25) is 4.98 Å². The minimum atomic E-state index is 0.712. The zero-order valence-electron chi connectivity index (χ0n) is 10.6. The second-order valence-corrected chi connectivity index (χ2v) is 4.35. The second-order valence-electron chi connectivity index (χ2n) is 4.35. The van der Waals surface area contributed by atoms with Crippen LogP contribution in [0.25, 0.3) is 22.8 Å². The van der Waals surface area contributed by atoms with Gasteiger partial charge in [0.15, 0.2) is 0 Å². The van der Waals surface area contributed by atoms with E-state index in [1.807, 2.05) is 49.4 Å². The largest absolute Gasteiger partial charge is 0.398 e. The Hall–Kier alpha value is -2.62. The molecule has 4 nitrogen and oxygen atoms in total. The highest BCUT2D eigenvalue weighted by Gasteiger charge is 2.12. The van der Waals surface area contributed by atoms with Crippen LogP contribution in [0.4, 0.5) is 5.69 Å². The Morgan fingerprint density at radius 3 is 2.58 bits per heavy atom. The lowest BCUT2D eigenvalue weighted by Gasteiger charge is -2.01. The number of benzene rings is 1. The maximum absolute atomic E-state index is 5.97. The molecule has 4 heteroatoms. The smallest absolute Gasteiger partial charge is 0.140 e. The lowest BCUT2D eigenvalue weighted by molar-refractivity contribution is 1.25. The Labute approximate surface area is 111 Å². The monoisotopic (exact) mass is 250 g/mol. The van der Waals surface area contributed by atoms with E-state index in [4.69, 9.17) is 5.73 Å². The Balaban J connectivity index is 2.10. The van der Waals surface area contributed by atoms with E-state index in [2.05, 4.69) is 15.0 Å². The molecule has 3 N–H and O–H groups in total. The van der Waals surface area contributed by atoms with Crippen molar-refractivity contribution in [2.45, 2.75) is 6.92 Å². The van der Waals surface area contributed by atoms with Crippen LogP contribution in [-0.2, 0) is 0 Å². The average molecular weight is 250 g/mol. The van der Waals surface area contributed by atoms with Crippen molar-refractivity contribution in [3.05, 3.63) is 54.4 Å². The maximum atomic E-state index is 5.97. The third-order valence-electron chi connectivity index (χ3n) is 3.02. The fraction of sp³-hybridized carbons (Fsp3) is 0.0667. The van der Waals surface area contributed by atoms with Gasteiger partial charge in [-0.05, 0) is 31.2 Å². The molecule has 0 atom stereocenters. The molecule has 0 saturated heterocycles. The van der Waals surface area contributed by atoms with Crippen LogP contribution >= 0.6 is 0 Å². The number of nitrogens with one attached hydrogen (secondary N) is 1. The molecule has 3 rings (SSSR count). The predicted octanol–water partition coefficient (Wildman–Crippen LogP) is 3.03. The molecule has 0 spiro atoms. The van der Waals surface area contributed by atoms with Crippen LogP contribution in [0, 0.1) is 6.92 Å². The summed E-state index contributed by atoms with van der Waals surface area (Å²) in [6, 6.07) is 13.5. The maximum Gasteiger partial charge on any atom is 0.140 e. The van der Waals surface area contributed by atoms with Crippen molar-refractivity contribution in [2.24, 2.45) is 0 Å². The molecular formula is C15H14N4. The first-order chi connectivity index (χ1) is 9.25. The third-order valence-corrected chi connectivity index (χ3v) is 3.02. The number of nitrogen functional groups attached to an aromatic ring is 1. The van der Waals surface area contributed by atoms with E-state index >= 15 is 0 Å². The minimum Gasteiger partial charge on any atom is -0.398 e. The van der Waals surface area contributed by atoms with Gasteiger partial charge in [-0.15, -0.1) is 0 Å². The van der Waals surface area contributed by atoms with Crippen molar-refractivity contribution >= 4 is 5.69 Å². The lowest BCUT2D eigenvalue weighted by Crippen LogP contribution is -1.90. The van der Waals surface area contributed by atoms with Crippen molar-refractivity contribution in [2.75, 3.05) is 5.73 Å². The summed E-state index contributed by atoms with van der Waals surface area (Å²) >= 11 is 0. The van der Waals surface area contributed by atoms with Gasteiger partial charge in [0.1, 0.15) is 5.82 Å². The zero-order valence-corrected chi connectivity index (χ0v) is 10.6. The van der Waals surface area contributed by atoms with Crippen LogP contribution in [0.5, 0.6) is 0 Å². The number of H-pyrrole nitrogens is 1. The van der Waals surface area contributed by atoms with E-state index in [1.54, 1.807) is 6.20 Å². The van der Waals surface area contributed by atoms with Crippen molar-refractivity contribution in [3.8, 4) is 22.8 Å². The highest BCUT2D eigenvalue weighted by atomic mass is 15.0.